The summed E-state index contributed by atoms with van der Waals surface area (Å²) in [7, 11) is 3.49. The van der Waals surface area contributed by atoms with Gasteiger partial charge in [0.25, 0.3) is 0 Å². The fourth-order valence-electron chi connectivity index (χ4n) is 3.46. The summed E-state index contributed by atoms with van der Waals surface area (Å²) in [6.45, 7) is 5.73. The van der Waals surface area contributed by atoms with Gasteiger partial charge in [-0.15, -0.1) is 24.0 Å². The minimum Gasteiger partial charge on any atom is -0.495 e. The zero-order chi connectivity index (χ0) is 19.9. The van der Waals surface area contributed by atoms with Crippen LogP contribution in [0.5, 0.6) is 5.75 Å². The summed E-state index contributed by atoms with van der Waals surface area (Å²) >= 11 is 6.18. The Morgan fingerprint density at radius 3 is 2.97 bits per heavy atom. The molecule has 0 spiro atoms. The summed E-state index contributed by atoms with van der Waals surface area (Å²) < 4.78 is 7.45. The largest absolute Gasteiger partial charge is 0.495 e. The maximum Gasteiger partial charge on any atom is 0.191 e. The van der Waals surface area contributed by atoms with Crippen LogP contribution >= 0.6 is 35.6 Å². The summed E-state index contributed by atoms with van der Waals surface area (Å²) in [5.74, 6) is 2.12. The summed E-state index contributed by atoms with van der Waals surface area (Å²) in [5.41, 5.74) is 1.04. The number of anilines is 1. The molecule has 3 rings (SSSR count). The number of aliphatic imine (C=N–C) groups is 1. The van der Waals surface area contributed by atoms with Crippen molar-refractivity contribution in [2.24, 2.45) is 10.9 Å². The van der Waals surface area contributed by atoms with E-state index in [1.54, 1.807) is 20.4 Å². The molecule has 2 unspecified atom stereocenters. The molecule has 9 heteroatoms. The molecule has 1 fully saturated rings. The Balaban J connectivity index is 0.00000300. The number of ether oxygens (including phenoxy) is 1. The number of benzene rings is 1. The Morgan fingerprint density at radius 2 is 2.28 bits per heavy atom. The van der Waals surface area contributed by atoms with E-state index in [2.05, 4.69) is 32.5 Å². The predicted molar refractivity (Wildman–Crippen MR) is 130 cm³/mol. The monoisotopic (exact) mass is 532 g/mol. The molecule has 2 heterocycles. The highest BCUT2D eigenvalue weighted by Gasteiger charge is 2.25. The number of nitrogens with zero attached hydrogens (tertiary/aromatic N) is 4. The molecule has 2 aromatic rings. The van der Waals surface area contributed by atoms with Crippen molar-refractivity contribution in [1.29, 1.82) is 0 Å². The van der Waals surface area contributed by atoms with Crippen molar-refractivity contribution in [3.63, 3.8) is 0 Å². The first-order valence-electron chi connectivity index (χ1n) is 9.62. The number of rotatable bonds is 7. The Kier molecular flexibility index (Phi) is 9.35. The van der Waals surface area contributed by atoms with Crippen molar-refractivity contribution in [3.8, 4) is 5.75 Å². The van der Waals surface area contributed by atoms with Crippen molar-refractivity contribution >= 4 is 47.2 Å². The van der Waals surface area contributed by atoms with E-state index in [-0.39, 0.29) is 24.0 Å². The fourth-order valence-corrected chi connectivity index (χ4v) is 3.62. The number of hydrogen-bond donors (Lipinski definition) is 2. The Morgan fingerprint density at radius 1 is 1.45 bits per heavy atom. The highest BCUT2D eigenvalue weighted by molar-refractivity contribution is 14.0. The molecule has 160 valence electrons. The molecule has 0 saturated carbocycles. The Labute approximate surface area is 194 Å². The first-order chi connectivity index (χ1) is 13.6. The SMILES string of the molecule is CN=C(NCC(C)Cn1cccn1)NC1CCN(c2cc(Cl)ccc2OC)C1.I. The molecule has 0 bridgehead atoms. The topological polar surface area (TPSA) is 66.7 Å². The second-order valence-electron chi connectivity index (χ2n) is 7.18. The molecule has 1 aliphatic rings. The maximum absolute atomic E-state index is 6.18. The zero-order valence-corrected chi connectivity index (χ0v) is 20.2. The lowest BCUT2D eigenvalue weighted by molar-refractivity contribution is 0.415. The third kappa shape index (κ3) is 6.67. The minimum atomic E-state index is 0. The van der Waals surface area contributed by atoms with Gasteiger partial charge in [-0.05, 0) is 36.6 Å². The lowest BCUT2D eigenvalue weighted by atomic mass is 10.2. The first-order valence-corrected chi connectivity index (χ1v) is 10.00. The highest BCUT2D eigenvalue weighted by atomic mass is 127. The number of methoxy groups -OCH3 is 1. The number of aromatic nitrogens is 2. The van der Waals surface area contributed by atoms with Crippen LogP contribution in [0, 0.1) is 5.92 Å². The van der Waals surface area contributed by atoms with Crippen LogP contribution in [-0.4, -0.2) is 55.6 Å². The van der Waals surface area contributed by atoms with Crippen molar-refractivity contribution in [1.82, 2.24) is 20.4 Å². The molecule has 0 amide bonds. The molecule has 0 aliphatic carbocycles. The third-order valence-corrected chi connectivity index (χ3v) is 5.15. The van der Waals surface area contributed by atoms with Gasteiger partial charge in [0.1, 0.15) is 5.75 Å². The minimum absolute atomic E-state index is 0. The predicted octanol–water partition coefficient (Wildman–Crippen LogP) is 3.24. The summed E-state index contributed by atoms with van der Waals surface area (Å²) in [5, 5.41) is 11.9. The number of guanidine groups is 1. The van der Waals surface area contributed by atoms with Gasteiger partial charge < -0.3 is 20.3 Å². The van der Waals surface area contributed by atoms with Crippen molar-refractivity contribution in [2.75, 3.05) is 38.7 Å². The van der Waals surface area contributed by atoms with Crippen LogP contribution in [0.3, 0.4) is 0 Å². The van der Waals surface area contributed by atoms with Gasteiger partial charge in [-0.1, -0.05) is 18.5 Å². The van der Waals surface area contributed by atoms with Crippen LogP contribution in [0.25, 0.3) is 0 Å². The van der Waals surface area contributed by atoms with Crippen LogP contribution in [0.15, 0.2) is 41.7 Å². The Bertz CT molecular complexity index is 785. The zero-order valence-electron chi connectivity index (χ0n) is 17.1. The lowest BCUT2D eigenvalue weighted by Crippen LogP contribution is -2.46. The quantitative estimate of drug-likeness (QED) is 0.326. The van der Waals surface area contributed by atoms with E-state index in [1.807, 2.05) is 35.1 Å². The molecule has 2 N–H and O–H groups in total. The summed E-state index contributed by atoms with van der Waals surface area (Å²) in [6.07, 6.45) is 4.82. The van der Waals surface area contributed by atoms with Gasteiger partial charge in [0.2, 0.25) is 0 Å². The van der Waals surface area contributed by atoms with Gasteiger partial charge in [-0.2, -0.15) is 5.10 Å². The van der Waals surface area contributed by atoms with Crippen LogP contribution < -0.4 is 20.3 Å². The van der Waals surface area contributed by atoms with Gasteiger partial charge in [-0.3, -0.25) is 9.67 Å². The van der Waals surface area contributed by atoms with Crippen LogP contribution in [0.4, 0.5) is 5.69 Å². The van der Waals surface area contributed by atoms with Gasteiger partial charge in [0, 0.05) is 56.7 Å². The van der Waals surface area contributed by atoms with E-state index >= 15 is 0 Å². The van der Waals surface area contributed by atoms with E-state index in [0.717, 1.165) is 55.0 Å². The number of halogens is 2. The molecule has 7 nitrogen and oxygen atoms in total. The van der Waals surface area contributed by atoms with E-state index in [1.165, 1.54) is 0 Å². The molecule has 1 saturated heterocycles. The number of hydrogen-bond acceptors (Lipinski definition) is 4. The van der Waals surface area contributed by atoms with Gasteiger partial charge in [-0.25, -0.2) is 0 Å². The molecule has 1 aromatic heterocycles. The van der Waals surface area contributed by atoms with Gasteiger partial charge in [0.15, 0.2) is 5.96 Å². The molecule has 2 atom stereocenters. The molecule has 1 aromatic carbocycles. The average molecular weight is 533 g/mol. The van der Waals surface area contributed by atoms with E-state index < -0.39 is 0 Å². The standard InChI is InChI=1S/C20H29ClN6O.HI/c1-15(13-27-9-4-8-24-27)12-23-20(22-2)25-17-7-10-26(14-17)18-11-16(21)5-6-19(18)28-3;/h4-6,8-9,11,15,17H,7,10,12-14H2,1-3H3,(H2,22,23,25);1H. The van der Waals surface area contributed by atoms with E-state index in [4.69, 9.17) is 16.3 Å². The molecular weight excluding hydrogens is 503 g/mol. The van der Waals surface area contributed by atoms with Crippen LogP contribution in [0.2, 0.25) is 5.02 Å². The lowest BCUT2D eigenvalue weighted by Gasteiger charge is -2.23. The van der Waals surface area contributed by atoms with Crippen molar-refractivity contribution < 1.29 is 4.74 Å². The van der Waals surface area contributed by atoms with Crippen LogP contribution in [0.1, 0.15) is 13.3 Å². The van der Waals surface area contributed by atoms with Crippen molar-refractivity contribution in [2.45, 2.75) is 25.9 Å². The normalized spacial score (nSPS) is 17.6. The van der Waals surface area contributed by atoms with Gasteiger partial charge >= 0.3 is 0 Å². The molecule has 0 radical (unpaired) electrons. The molecular formula is C20H30ClIN6O. The van der Waals surface area contributed by atoms with E-state index in [9.17, 15) is 0 Å². The maximum atomic E-state index is 6.18. The van der Waals surface area contributed by atoms with Crippen molar-refractivity contribution in [3.05, 3.63) is 41.7 Å². The second-order valence-corrected chi connectivity index (χ2v) is 7.61. The average Bonchev–Trinajstić information content (AvgIpc) is 3.37. The van der Waals surface area contributed by atoms with Gasteiger partial charge in [0.05, 0.1) is 12.8 Å². The number of nitrogens with one attached hydrogen (secondary N) is 2. The van der Waals surface area contributed by atoms with Crippen LogP contribution in [-0.2, 0) is 6.54 Å². The smallest absolute Gasteiger partial charge is 0.191 e. The fraction of sp³-hybridized carbons (Fsp3) is 0.500. The third-order valence-electron chi connectivity index (χ3n) is 4.91. The summed E-state index contributed by atoms with van der Waals surface area (Å²) in [6, 6.07) is 8.00. The first kappa shape index (κ1) is 23.6. The van der Waals surface area contributed by atoms with E-state index in [0.29, 0.717) is 12.0 Å². The summed E-state index contributed by atoms with van der Waals surface area (Å²) in [4.78, 5) is 6.68. The second kappa shape index (κ2) is 11.5. The Hall–Kier alpha value is -1.68. The molecule has 29 heavy (non-hydrogen) atoms. The molecule has 1 aliphatic heterocycles. The highest BCUT2D eigenvalue weighted by Crippen LogP contribution is 2.33.